The number of ether oxygens (including phenoxy) is 1. The molecule has 0 unspecified atom stereocenters. The van der Waals surface area contributed by atoms with E-state index in [0.717, 1.165) is 11.3 Å². The van der Waals surface area contributed by atoms with Gasteiger partial charge in [-0.1, -0.05) is 35.9 Å². The van der Waals surface area contributed by atoms with Crippen LogP contribution in [0.2, 0.25) is 5.02 Å². The van der Waals surface area contributed by atoms with Gasteiger partial charge in [0.25, 0.3) is 0 Å². The molecule has 1 aliphatic heterocycles. The quantitative estimate of drug-likeness (QED) is 0.392. The Morgan fingerprint density at radius 3 is 2.46 bits per heavy atom. The maximum absolute atomic E-state index is 13.7. The minimum absolute atomic E-state index is 0.0902. The highest BCUT2D eigenvalue weighted by atomic mass is 35.5. The van der Waals surface area contributed by atoms with E-state index in [1.165, 1.54) is 12.1 Å². The Hall–Kier alpha value is -3.17. The number of piperazine rings is 1. The van der Waals surface area contributed by atoms with Crippen molar-refractivity contribution in [2.45, 2.75) is 18.6 Å². The molecule has 3 aromatic rings. The van der Waals surface area contributed by atoms with Crippen molar-refractivity contribution in [1.29, 1.82) is 0 Å². The summed E-state index contributed by atoms with van der Waals surface area (Å²) in [7, 11) is 0. The van der Waals surface area contributed by atoms with Gasteiger partial charge in [0.05, 0.1) is 29.0 Å². The highest BCUT2D eigenvalue weighted by molar-refractivity contribution is 6.33. The Labute approximate surface area is 220 Å². The minimum atomic E-state index is -1.17. The molecule has 0 aliphatic carbocycles. The number of primary amides is 1. The fraction of sp³-hybridized carbons (Fsp3) is 0.321. The summed E-state index contributed by atoms with van der Waals surface area (Å²) in [5, 5.41) is 20.8. The average Bonchev–Trinajstić information content (AvgIpc) is 2.88. The molecule has 0 spiro atoms. The number of aliphatic hydroxyl groups is 2. The molecule has 196 valence electrons. The highest BCUT2D eigenvalue weighted by Gasteiger charge is 2.34. The maximum atomic E-state index is 13.7. The Morgan fingerprint density at radius 2 is 1.84 bits per heavy atom. The zero-order valence-corrected chi connectivity index (χ0v) is 21.4. The SMILES string of the molecule is C[C@](O)(CN1CCN(c2ccc(OCCO)cc2Cl)[C@H](c2ccc(F)cc2)C1)c1ccc(C(N)=O)cc1. The maximum Gasteiger partial charge on any atom is 0.248 e. The van der Waals surface area contributed by atoms with Crippen molar-refractivity contribution in [1.82, 2.24) is 4.90 Å². The first-order chi connectivity index (χ1) is 17.7. The number of carbonyl (C=O) groups excluding carboxylic acids is 1. The van der Waals surface area contributed by atoms with Gasteiger partial charge in [0.1, 0.15) is 18.2 Å². The molecule has 1 amide bonds. The molecule has 37 heavy (non-hydrogen) atoms. The third-order valence-corrected chi connectivity index (χ3v) is 6.93. The van der Waals surface area contributed by atoms with E-state index in [9.17, 15) is 14.3 Å². The number of anilines is 1. The van der Waals surface area contributed by atoms with Gasteiger partial charge in [-0.2, -0.15) is 0 Å². The molecule has 2 atom stereocenters. The number of carbonyl (C=O) groups is 1. The molecule has 0 aromatic heterocycles. The molecule has 9 heteroatoms. The van der Waals surface area contributed by atoms with Crippen LogP contribution in [0.25, 0.3) is 0 Å². The lowest BCUT2D eigenvalue weighted by molar-refractivity contribution is 0.0103. The smallest absolute Gasteiger partial charge is 0.248 e. The number of hydrogen-bond donors (Lipinski definition) is 3. The highest BCUT2D eigenvalue weighted by Crippen LogP contribution is 2.38. The predicted molar refractivity (Wildman–Crippen MR) is 141 cm³/mol. The van der Waals surface area contributed by atoms with E-state index in [2.05, 4.69) is 9.80 Å². The fourth-order valence-electron chi connectivity index (χ4n) is 4.74. The van der Waals surface area contributed by atoms with E-state index >= 15 is 0 Å². The van der Waals surface area contributed by atoms with Crippen LogP contribution in [-0.4, -0.2) is 60.4 Å². The second-order valence-corrected chi connectivity index (χ2v) is 9.80. The summed E-state index contributed by atoms with van der Waals surface area (Å²) in [4.78, 5) is 15.7. The van der Waals surface area contributed by atoms with Crippen molar-refractivity contribution >= 4 is 23.2 Å². The number of amides is 1. The Kier molecular flexibility index (Phi) is 8.34. The van der Waals surface area contributed by atoms with Crippen molar-refractivity contribution in [3.8, 4) is 5.75 Å². The summed E-state index contributed by atoms with van der Waals surface area (Å²) >= 11 is 6.65. The second-order valence-electron chi connectivity index (χ2n) is 9.40. The number of halogens is 2. The fourth-order valence-corrected chi connectivity index (χ4v) is 5.01. The van der Waals surface area contributed by atoms with Crippen LogP contribution in [0.5, 0.6) is 5.75 Å². The molecule has 4 rings (SSSR count). The van der Waals surface area contributed by atoms with Gasteiger partial charge in [0.15, 0.2) is 0 Å². The average molecular weight is 528 g/mol. The number of nitrogens with two attached hydrogens (primary N) is 1. The first kappa shape index (κ1) is 26.9. The minimum Gasteiger partial charge on any atom is -0.491 e. The van der Waals surface area contributed by atoms with Gasteiger partial charge in [-0.25, -0.2) is 4.39 Å². The monoisotopic (exact) mass is 527 g/mol. The first-order valence-electron chi connectivity index (χ1n) is 12.1. The third kappa shape index (κ3) is 6.40. The molecule has 0 bridgehead atoms. The van der Waals surface area contributed by atoms with Crippen molar-refractivity contribution in [2.75, 3.05) is 44.3 Å². The zero-order chi connectivity index (χ0) is 26.6. The molecule has 1 saturated heterocycles. The predicted octanol–water partition coefficient (Wildman–Crippen LogP) is 3.72. The zero-order valence-electron chi connectivity index (χ0n) is 20.6. The van der Waals surface area contributed by atoms with Crippen LogP contribution in [0.4, 0.5) is 10.1 Å². The van der Waals surface area contributed by atoms with Crippen molar-refractivity contribution in [3.05, 3.63) is 94.3 Å². The summed E-state index contributed by atoms with van der Waals surface area (Å²) in [6, 6.07) is 18.3. The van der Waals surface area contributed by atoms with Crippen molar-refractivity contribution < 1.29 is 24.1 Å². The summed E-state index contributed by atoms with van der Waals surface area (Å²) < 4.78 is 19.2. The second kappa shape index (κ2) is 11.5. The molecule has 0 saturated carbocycles. The Balaban J connectivity index is 1.57. The van der Waals surface area contributed by atoms with E-state index in [0.29, 0.717) is 48.1 Å². The Morgan fingerprint density at radius 1 is 1.14 bits per heavy atom. The van der Waals surface area contributed by atoms with Gasteiger partial charge in [-0.15, -0.1) is 0 Å². The lowest BCUT2D eigenvalue weighted by atomic mass is 9.93. The molecular weight excluding hydrogens is 497 g/mol. The molecular formula is C28H31ClFN3O4. The third-order valence-electron chi connectivity index (χ3n) is 6.63. The van der Waals surface area contributed by atoms with E-state index in [1.54, 1.807) is 49.4 Å². The van der Waals surface area contributed by atoms with Crippen LogP contribution < -0.4 is 15.4 Å². The lowest BCUT2D eigenvalue weighted by Crippen LogP contribution is -2.52. The topological polar surface area (TPSA) is 99.3 Å². The molecule has 1 fully saturated rings. The van der Waals surface area contributed by atoms with E-state index < -0.39 is 11.5 Å². The normalized spacial score (nSPS) is 17.9. The van der Waals surface area contributed by atoms with Gasteiger partial charge in [-0.3, -0.25) is 9.69 Å². The van der Waals surface area contributed by atoms with Crippen LogP contribution in [0.1, 0.15) is 34.5 Å². The molecule has 7 nitrogen and oxygen atoms in total. The Bertz CT molecular complexity index is 1220. The van der Waals surface area contributed by atoms with Crippen LogP contribution in [0.3, 0.4) is 0 Å². The first-order valence-corrected chi connectivity index (χ1v) is 12.5. The number of hydrogen-bond acceptors (Lipinski definition) is 6. The van der Waals surface area contributed by atoms with Crippen LogP contribution in [0, 0.1) is 5.82 Å². The number of rotatable bonds is 9. The van der Waals surface area contributed by atoms with Gasteiger partial charge >= 0.3 is 0 Å². The number of nitrogens with zero attached hydrogens (tertiary/aromatic N) is 2. The summed E-state index contributed by atoms with van der Waals surface area (Å²) in [5.41, 5.74) is 6.98. The van der Waals surface area contributed by atoms with Crippen molar-refractivity contribution in [3.63, 3.8) is 0 Å². The molecule has 4 N–H and O–H groups in total. The molecule has 3 aromatic carbocycles. The molecule has 1 aliphatic rings. The van der Waals surface area contributed by atoms with Crippen molar-refractivity contribution in [2.24, 2.45) is 5.73 Å². The van der Waals surface area contributed by atoms with E-state index in [4.69, 9.17) is 27.2 Å². The number of benzene rings is 3. The largest absolute Gasteiger partial charge is 0.491 e. The van der Waals surface area contributed by atoms with Crippen LogP contribution in [0.15, 0.2) is 66.7 Å². The molecule has 1 heterocycles. The van der Waals surface area contributed by atoms with Gasteiger partial charge in [0.2, 0.25) is 5.91 Å². The summed E-state index contributed by atoms with van der Waals surface area (Å²) in [5.74, 6) is -0.261. The lowest BCUT2D eigenvalue weighted by Gasteiger charge is -2.45. The number of aliphatic hydroxyl groups excluding tert-OH is 1. The van der Waals surface area contributed by atoms with Gasteiger partial charge in [0, 0.05) is 37.8 Å². The summed E-state index contributed by atoms with van der Waals surface area (Å²) in [6.07, 6.45) is 0. The van der Waals surface area contributed by atoms with E-state index in [-0.39, 0.29) is 25.1 Å². The van der Waals surface area contributed by atoms with E-state index in [1.807, 2.05) is 12.1 Å². The number of β-amino-alcohol motifs (C(OH)–C–C–N with tert-alkyl or cyclic N) is 1. The van der Waals surface area contributed by atoms with Gasteiger partial charge < -0.3 is 25.6 Å². The molecule has 0 radical (unpaired) electrons. The van der Waals surface area contributed by atoms with Gasteiger partial charge in [-0.05, 0) is 54.4 Å². The summed E-state index contributed by atoms with van der Waals surface area (Å²) in [6.45, 7) is 4.04. The van der Waals surface area contributed by atoms with Crippen LogP contribution in [-0.2, 0) is 5.60 Å². The standard InChI is InChI=1S/C28H31ClFN3O4/c1-28(36,21-6-2-20(3-7-21)27(31)35)18-32-12-13-33(26(17-32)19-4-8-22(30)9-5-19)25-11-10-23(16-24(25)29)37-15-14-34/h2-11,16,26,34,36H,12-15,17-18H2,1H3,(H2,31,35)/t26-,28-/m0/s1. The van der Waals surface area contributed by atoms with Crippen LogP contribution >= 0.6 is 11.6 Å².